The Morgan fingerprint density at radius 2 is 1.83 bits per heavy atom. The summed E-state index contributed by atoms with van der Waals surface area (Å²) in [4.78, 5) is 22.3. The fourth-order valence-electron chi connectivity index (χ4n) is 4.44. The molecule has 2 aliphatic rings. The van der Waals surface area contributed by atoms with Crippen molar-refractivity contribution >= 4 is 37.9 Å². The largest absolute Gasteiger partial charge is 0.512 e. The molecule has 2 aliphatic heterocycles. The lowest BCUT2D eigenvalue weighted by atomic mass is 9.84. The monoisotopic (exact) mass is 502 g/mol. The molecule has 11 heteroatoms. The number of piperidine rings is 1. The van der Waals surface area contributed by atoms with E-state index in [1.165, 1.54) is 4.90 Å². The molecule has 2 fully saturated rings. The Balaban J connectivity index is 1.61. The normalized spacial score (nSPS) is 20.7. The van der Waals surface area contributed by atoms with Crippen LogP contribution in [0, 0.1) is 0 Å². The van der Waals surface area contributed by atoms with Crippen molar-refractivity contribution in [2.45, 2.75) is 90.1 Å². The number of likely N-dealkylation sites (tertiary alicyclic amines) is 1. The number of carboxylic acid groups (broad SMARTS) is 1. The molecule has 0 unspecified atom stereocenters. The smallest absolute Gasteiger partial charge is 0.465 e. The Labute approximate surface area is 209 Å². The van der Waals surface area contributed by atoms with E-state index in [4.69, 9.17) is 24.0 Å². The first-order chi connectivity index (χ1) is 16.3. The number of fused-ring (bicyclic) bond motifs is 1. The van der Waals surface area contributed by atoms with Gasteiger partial charge in [-0.15, -0.1) is 0 Å². The molecule has 9 nitrogen and oxygen atoms in total. The maximum absolute atomic E-state index is 11.3. The summed E-state index contributed by atoms with van der Waals surface area (Å²) in [6, 6.07) is 3.12. The third kappa shape index (κ3) is 5.58. The van der Waals surface area contributed by atoms with Gasteiger partial charge < -0.3 is 28.6 Å². The fourth-order valence-corrected chi connectivity index (χ4v) is 5.19. The van der Waals surface area contributed by atoms with Crippen molar-refractivity contribution in [2.24, 2.45) is 0 Å². The van der Waals surface area contributed by atoms with Gasteiger partial charge >= 0.3 is 13.2 Å². The highest BCUT2D eigenvalue weighted by atomic mass is 28.3. The minimum Gasteiger partial charge on any atom is -0.465 e. The summed E-state index contributed by atoms with van der Waals surface area (Å²) < 4.78 is 20.9. The maximum atomic E-state index is 11.3. The zero-order valence-electron chi connectivity index (χ0n) is 22.1. The van der Waals surface area contributed by atoms with Gasteiger partial charge in [-0.1, -0.05) is 19.6 Å². The molecular weight excluding hydrogens is 463 g/mol. The molecule has 0 atom stereocenters. The van der Waals surface area contributed by atoms with Gasteiger partial charge in [-0.3, -0.25) is 0 Å². The van der Waals surface area contributed by atoms with Gasteiger partial charge in [0.15, 0.2) is 0 Å². The van der Waals surface area contributed by atoms with Crippen LogP contribution in [-0.2, 0) is 20.8 Å². The van der Waals surface area contributed by atoms with Gasteiger partial charge in [0.2, 0.25) is 0 Å². The molecule has 2 saturated heterocycles. The van der Waals surface area contributed by atoms with Crippen LogP contribution in [0.5, 0.6) is 0 Å². The molecule has 2 aromatic rings. The van der Waals surface area contributed by atoms with E-state index in [0.717, 1.165) is 41.3 Å². The Hall–Kier alpha value is -1.95. The molecule has 4 rings (SSSR count). The van der Waals surface area contributed by atoms with E-state index in [1.807, 2.05) is 40.0 Å². The van der Waals surface area contributed by atoms with Crippen LogP contribution in [-0.4, -0.2) is 76.7 Å². The molecule has 35 heavy (non-hydrogen) atoms. The third-order valence-electron chi connectivity index (χ3n) is 7.55. The molecule has 0 radical (unpaired) electrons. The fraction of sp³-hybridized carbons (Fsp3) is 0.708. The van der Waals surface area contributed by atoms with E-state index in [2.05, 4.69) is 24.2 Å². The topological polar surface area (TPSA) is 98.9 Å². The van der Waals surface area contributed by atoms with Crippen molar-refractivity contribution in [1.29, 1.82) is 0 Å². The molecule has 192 valence electrons. The highest BCUT2D eigenvalue weighted by molar-refractivity contribution is 6.76. The molecule has 0 saturated carbocycles. The van der Waals surface area contributed by atoms with Crippen molar-refractivity contribution in [1.82, 2.24) is 19.4 Å². The standard InChI is InChI=1S/C24H39BN4O5Si/c1-23(2)24(3,4)34-25(33-23)20-14-18-19(29(20)16-32-12-13-35(5,6)7)15-26-21(27-18)17-8-10-28(11-9-17)22(30)31/h14-15,17H,8-13,16H2,1-7H3,(H,30,31). The van der Waals surface area contributed by atoms with E-state index < -0.39 is 32.5 Å². The number of rotatable bonds is 7. The SMILES string of the molecule is CC1(C)OB(c2cc3nc(C4CCN(C(=O)O)CC4)ncc3n2COCC[Si](C)(C)C)OC1(C)C. The Morgan fingerprint density at radius 3 is 2.40 bits per heavy atom. The molecule has 0 aromatic carbocycles. The summed E-state index contributed by atoms with van der Waals surface area (Å²) in [5.74, 6) is 0.909. The second kappa shape index (κ2) is 9.49. The van der Waals surface area contributed by atoms with Crippen molar-refractivity contribution in [3.05, 3.63) is 18.1 Å². The Kier molecular flexibility index (Phi) is 7.09. The van der Waals surface area contributed by atoms with Crippen molar-refractivity contribution in [3.63, 3.8) is 0 Å². The van der Waals surface area contributed by atoms with E-state index in [0.29, 0.717) is 26.4 Å². The first kappa shape index (κ1) is 26.1. The lowest BCUT2D eigenvalue weighted by Gasteiger charge is -2.32. The number of ether oxygens (including phenoxy) is 1. The van der Waals surface area contributed by atoms with E-state index in [9.17, 15) is 9.90 Å². The van der Waals surface area contributed by atoms with E-state index >= 15 is 0 Å². The van der Waals surface area contributed by atoms with Gasteiger partial charge in [0.25, 0.3) is 0 Å². The third-order valence-corrected chi connectivity index (χ3v) is 9.25. The lowest BCUT2D eigenvalue weighted by molar-refractivity contribution is 0.00578. The first-order valence-electron chi connectivity index (χ1n) is 12.5. The molecule has 1 amide bonds. The van der Waals surface area contributed by atoms with Crippen LogP contribution in [0.15, 0.2) is 12.3 Å². The summed E-state index contributed by atoms with van der Waals surface area (Å²) in [5, 5.41) is 9.24. The number of carbonyl (C=O) groups is 1. The van der Waals surface area contributed by atoms with Gasteiger partial charge in [0.1, 0.15) is 12.6 Å². The molecule has 0 bridgehead atoms. The number of nitrogens with zero attached hydrogens (tertiary/aromatic N) is 4. The zero-order valence-corrected chi connectivity index (χ0v) is 23.1. The summed E-state index contributed by atoms with van der Waals surface area (Å²) in [6.45, 7) is 17.3. The quantitative estimate of drug-likeness (QED) is 0.453. The van der Waals surface area contributed by atoms with E-state index in [-0.39, 0.29) is 5.92 Å². The summed E-state index contributed by atoms with van der Waals surface area (Å²) in [6.07, 6.45) is 2.45. The van der Waals surface area contributed by atoms with Crippen LogP contribution in [0.4, 0.5) is 4.79 Å². The number of aromatic nitrogens is 3. The van der Waals surface area contributed by atoms with Gasteiger partial charge in [0.05, 0.1) is 34.0 Å². The highest BCUT2D eigenvalue weighted by Crippen LogP contribution is 2.37. The number of hydrogen-bond acceptors (Lipinski definition) is 6. The van der Waals surface area contributed by atoms with Crippen LogP contribution < -0.4 is 5.59 Å². The number of amides is 1. The Morgan fingerprint density at radius 1 is 1.20 bits per heavy atom. The van der Waals surface area contributed by atoms with Crippen LogP contribution in [0.1, 0.15) is 52.3 Å². The average molecular weight is 502 g/mol. The second-order valence-corrected chi connectivity index (χ2v) is 17.6. The highest BCUT2D eigenvalue weighted by Gasteiger charge is 2.53. The number of hydrogen-bond donors (Lipinski definition) is 1. The summed E-state index contributed by atoms with van der Waals surface area (Å²) in [5.41, 5.74) is 1.68. The van der Waals surface area contributed by atoms with Crippen molar-refractivity contribution in [3.8, 4) is 0 Å². The molecule has 2 aromatic heterocycles. The van der Waals surface area contributed by atoms with Crippen molar-refractivity contribution < 1.29 is 23.9 Å². The summed E-state index contributed by atoms with van der Waals surface area (Å²) in [7, 11) is -1.73. The van der Waals surface area contributed by atoms with Crippen LogP contribution in [0.3, 0.4) is 0 Å². The minimum atomic E-state index is -1.20. The molecule has 0 aliphatic carbocycles. The van der Waals surface area contributed by atoms with Gasteiger partial charge in [-0.25, -0.2) is 14.8 Å². The minimum absolute atomic E-state index is 0.145. The van der Waals surface area contributed by atoms with Crippen LogP contribution in [0.25, 0.3) is 11.0 Å². The van der Waals surface area contributed by atoms with Crippen molar-refractivity contribution in [2.75, 3.05) is 19.7 Å². The van der Waals surface area contributed by atoms with E-state index in [1.54, 1.807) is 0 Å². The average Bonchev–Trinajstić information content (AvgIpc) is 3.23. The lowest BCUT2D eigenvalue weighted by Crippen LogP contribution is -2.41. The van der Waals surface area contributed by atoms with Crippen LogP contribution in [0.2, 0.25) is 25.7 Å². The van der Waals surface area contributed by atoms with Gasteiger partial charge in [0, 0.05) is 33.7 Å². The van der Waals surface area contributed by atoms with Crippen LogP contribution >= 0.6 is 0 Å². The van der Waals surface area contributed by atoms with Gasteiger partial charge in [-0.2, -0.15) is 0 Å². The molecule has 0 spiro atoms. The molecule has 4 heterocycles. The molecule has 1 N–H and O–H groups in total. The zero-order chi connectivity index (χ0) is 25.6. The maximum Gasteiger partial charge on any atom is 0.512 e. The summed E-state index contributed by atoms with van der Waals surface area (Å²) >= 11 is 0. The predicted octanol–water partition coefficient (Wildman–Crippen LogP) is 3.90. The second-order valence-electron chi connectivity index (χ2n) is 12.0. The molecular formula is C24H39BN4O5Si. The first-order valence-corrected chi connectivity index (χ1v) is 16.3. The van der Waals surface area contributed by atoms with Gasteiger partial charge in [-0.05, 0) is 52.6 Å². The predicted molar refractivity (Wildman–Crippen MR) is 139 cm³/mol. The Bertz CT molecular complexity index is 1060.